The normalized spacial score (nSPS) is 18.1. The third-order valence-electron chi connectivity index (χ3n) is 10.8. The maximum Gasteiger partial charge on any atom is 0.235 e. The first kappa shape index (κ1) is 55.7. The molecule has 0 saturated carbocycles. The van der Waals surface area contributed by atoms with E-state index in [0.717, 1.165) is 36.8 Å². The van der Waals surface area contributed by atoms with E-state index < -0.39 is 6.10 Å². The fraction of sp³-hybridized carbons (Fsp3) is 0.365. The van der Waals surface area contributed by atoms with Crippen LogP contribution in [0.2, 0.25) is 0 Å². The summed E-state index contributed by atoms with van der Waals surface area (Å²) in [5.41, 5.74) is 12.6. The average molecular weight is 1030 g/mol. The number of benzene rings is 3. The minimum absolute atomic E-state index is 0. The second-order valence-electron chi connectivity index (χ2n) is 16.3. The molecular weight excluding hydrogens is 962 g/mol. The van der Waals surface area contributed by atoms with Crippen LogP contribution in [-0.2, 0) is 38.7 Å². The maximum absolute atomic E-state index is 11.5. The average Bonchev–Trinajstić information content (AvgIpc) is 4.22. The fourth-order valence-electron chi connectivity index (χ4n) is 7.05. The molecule has 4 N–H and O–H groups in total. The molecule has 368 valence electrons. The van der Waals surface area contributed by atoms with Gasteiger partial charge < -0.3 is 20.3 Å². The lowest BCUT2D eigenvalue weighted by molar-refractivity contribution is -0.141. The number of hydrogen-bond acceptors (Lipinski definition) is 11. The molecule has 6 atom stereocenters. The van der Waals surface area contributed by atoms with Crippen LogP contribution < -0.4 is 5.73 Å². The second-order valence-corrected chi connectivity index (χ2v) is 18.1. The number of aldehydes is 1. The minimum atomic E-state index is -0.621. The van der Waals surface area contributed by atoms with E-state index in [0.29, 0.717) is 31.2 Å². The first-order valence-corrected chi connectivity index (χ1v) is 23.9. The van der Waals surface area contributed by atoms with Crippen molar-refractivity contribution >= 4 is 44.8 Å². The quantitative estimate of drug-likeness (QED) is 0.0599. The number of H-pyrrole nitrogens is 1. The van der Waals surface area contributed by atoms with Gasteiger partial charge in [-0.2, -0.15) is 20.4 Å². The van der Waals surface area contributed by atoms with Gasteiger partial charge in [-0.05, 0) is 74.7 Å². The van der Waals surface area contributed by atoms with E-state index in [2.05, 4.69) is 60.5 Å². The monoisotopic (exact) mass is 1030 g/mol. The Bertz CT molecular complexity index is 2500. The standard InChI is InChI=1S/C16H18N2O2.C12H15N3O.C11H10N2O.C9H14N2O.C3H4BrClO.CH4/c1-12-15(19)7-8-16(20-12)14-9-17-18(11-14)10-13-5-3-2-4-6-13;13-6-12(16)11-7-14-15(9-11)8-10-4-2-1-3-5-10;14-9-11-6-12-13(8-11)7-10-4-2-1-3-5-10;1-7-3-2-4-9(12-7)8-5-10-11-6-8;1-2(4)3(5)6;/h2-6,9,11-12,16H,7-8,10H2,1H3;1-5,7,9,12,16H,6,8,13H2;1-6,8-9H,7H2;5-7,9H,2-4H2,1H3,(H,10,11);2H,1H3;1H4. The van der Waals surface area contributed by atoms with Crippen molar-refractivity contribution in [1.82, 2.24) is 39.5 Å². The number of rotatable bonds is 12. The zero-order valence-corrected chi connectivity index (χ0v) is 41.0. The zero-order chi connectivity index (χ0) is 48.7. The van der Waals surface area contributed by atoms with Crippen molar-refractivity contribution in [3.63, 3.8) is 0 Å². The van der Waals surface area contributed by atoms with E-state index in [-0.39, 0.29) is 48.1 Å². The molecule has 0 amide bonds. The molecule has 17 heteroatoms. The topological polar surface area (TPSA) is 198 Å². The fourth-order valence-corrected chi connectivity index (χ4v) is 7.05. The van der Waals surface area contributed by atoms with Crippen LogP contribution in [0.15, 0.2) is 141 Å². The number of hydrogen-bond donors (Lipinski definition) is 3. The van der Waals surface area contributed by atoms with Crippen LogP contribution in [0.3, 0.4) is 0 Å². The third-order valence-corrected chi connectivity index (χ3v) is 11.8. The predicted molar refractivity (Wildman–Crippen MR) is 272 cm³/mol. The summed E-state index contributed by atoms with van der Waals surface area (Å²) in [6, 6.07) is 30.3. The third kappa shape index (κ3) is 19.6. The van der Waals surface area contributed by atoms with Crippen LogP contribution in [0.5, 0.6) is 0 Å². The highest BCUT2D eigenvalue weighted by atomic mass is 79.9. The van der Waals surface area contributed by atoms with Crippen LogP contribution in [0, 0.1) is 0 Å². The van der Waals surface area contributed by atoms with Crippen molar-refractivity contribution in [2.45, 2.75) is 115 Å². The Labute approximate surface area is 418 Å². The molecule has 0 aliphatic carbocycles. The van der Waals surface area contributed by atoms with E-state index in [4.69, 9.17) is 26.8 Å². The largest absolute Gasteiger partial charge is 0.387 e. The lowest BCUT2D eigenvalue weighted by atomic mass is 10.0. The van der Waals surface area contributed by atoms with Gasteiger partial charge in [-0.25, -0.2) is 0 Å². The van der Waals surface area contributed by atoms with Crippen molar-refractivity contribution in [1.29, 1.82) is 0 Å². The molecule has 4 aromatic heterocycles. The number of ketones is 1. The van der Waals surface area contributed by atoms with Gasteiger partial charge in [-0.15, -0.1) is 0 Å². The Morgan fingerprint density at radius 1 is 0.797 bits per heavy atom. The Hall–Kier alpha value is -5.88. The number of alkyl halides is 1. The lowest BCUT2D eigenvalue weighted by Gasteiger charge is -2.26. The smallest absolute Gasteiger partial charge is 0.235 e. The van der Waals surface area contributed by atoms with Crippen LogP contribution >= 0.6 is 27.5 Å². The lowest BCUT2D eigenvalue weighted by Crippen LogP contribution is -2.28. The Morgan fingerprint density at radius 3 is 1.80 bits per heavy atom. The SMILES string of the molecule is C.CC(Br)C(=O)Cl.CC1CCCC(c2cn[nH]c2)O1.CC1OC(c2cnn(Cc3ccccc3)c2)CCC1=O.NCC(O)c1cnn(Cc2ccccc2)c1.O=Cc1cnn(Cc2ccccc2)c1. The van der Waals surface area contributed by atoms with Crippen molar-refractivity contribution in [3.05, 3.63) is 180 Å². The summed E-state index contributed by atoms with van der Waals surface area (Å²) < 4.78 is 17.0. The number of nitrogens with zero attached hydrogens (tertiary/aromatic N) is 7. The van der Waals surface area contributed by atoms with E-state index >= 15 is 0 Å². The number of carbonyl (C=O) groups is 3. The number of nitrogens with two attached hydrogens (primary N) is 1. The molecule has 7 aromatic rings. The summed E-state index contributed by atoms with van der Waals surface area (Å²) in [6.45, 7) is 8.01. The number of aromatic amines is 1. The summed E-state index contributed by atoms with van der Waals surface area (Å²) in [7, 11) is 0. The molecule has 0 radical (unpaired) electrons. The molecule has 2 aliphatic heterocycles. The van der Waals surface area contributed by atoms with Gasteiger partial charge in [0.25, 0.3) is 0 Å². The van der Waals surface area contributed by atoms with Gasteiger partial charge in [0.1, 0.15) is 6.10 Å². The minimum Gasteiger partial charge on any atom is -0.387 e. The number of ether oxygens (including phenoxy) is 2. The predicted octanol–water partition coefficient (Wildman–Crippen LogP) is 9.62. The van der Waals surface area contributed by atoms with Crippen molar-refractivity contribution < 1.29 is 29.0 Å². The molecule has 0 spiro atoms. The second kappa shape index (κ2) is 29.9. The van der Waals surface area contributed by atoms with Crippen LogP contribution in [0.25, 0.3) is 0 Å². The van der Waals surface area contributed by atoms with E-state index in [1.807, 2.05) is 121 Å². The van der Waals surface area contributed by atoms with Gasteiger partial charge in [0.15, 0.2) is 12.1 Å². The van der Waals surface area contributed by atoms with Crippen LogP contribution in [0.1, 0.15) is 122 Å². The summed E-state index contributed by atoms with van der Waals surface area (Å²) >= 11 is 7.88. The first-order valence-electron chi connectivity index (χ1n) is 22.6. The number of aliphatic hydroxyl groups is 1. The summed E-state index contributed by atoms with van der Waals surface area (Å²) in [5.74, 6) is 0.193. The zero-order valence-electron chi connectivity index (χ0n) is 38.6. The Morgan fingerprint density at radius 2 is 1.32 bits per heavy atom. The molecule has 6 heterocycles. The van der Waals surface area contributed by atoms with Gasteiger partial charge in [-0.3, -0.25) is 33.5 Å². The number of aromatic nitrogens is 8. The summed E-state index contributed by atoms with van der Waals surface area (Å²) in [6.07, 6.45) is 19.9. The maximum atomic E-state index is 11.5. The molecule has 6 unspecified atom stereocenters. The number of Topliss-reactive ketones (excluding diaryl/α,β-unsaturated/α-hetero) is 1. The molecule has 69 heavy (non-hydrogen) atoms. The Balaban J connectivity index is 0.000000194. The van der Waals surface area contributed by atoms with Crippen molar-refractivity contribution in [2.75, 3.05) is 6.54 Å². The molecule has 2 fully saturated rings. The van der Waals surface area contributed by atoms with Gasteiger partial charge in [0.05, 0.1) is 79.2 Å². The number of halogens is 2. The highest BCUT2D eigenvalue weighted by Gasteiger charge is 2.28. The number of carbonyl (C=O) groups excluding carboxylic acids is 3. The molecule has 2 aliphatic rings. The van der Waals surface area contributed by atoms with Crippen molar-refractivity contribution in [2.24, 2.45) is 5.73 Å². The van der Waals surface area contributed by atoms with Crippen molar-refractivity contribution in [3.8, 4) is 0 Å². The molecule has 0 bridgehead atoms. The van der Waals surface area contributed by atoms with Gasteiger partial charge in [0, 0.05) is 54.4 Å². The molecular formula is C52H65BrClN9O6. The van der Waals surface area contributed by atoms with Gasteiger partial charge in [-0.1, -0.05) is 114 Å². The highest BCUT2D eigenvalue weighted by molar-refractivity contribution is 9.10. The van der Waals surface area contributed by atoms with Crippen LogP contribution in [-0.4, -0.2) is 85.5 Å². The summed E-state index contributed by atoms with van der Waals surface area (Å²) in [4.78, 5) is 31.5. The van der Waals surface area contributed by atoms with Gasteiger partial charge in [0.2, 0.25) is 5.24 Å². The summed E-state index contributed by atoms with van der Waals surface area (Å²) in [5, 5.41) is 28.5. The molecule has 9 rings (SSSR count). The number of nitrogens with one attached hydrogen (secondary N) is 1. The molecule has 15 nitrogen and oxygen atoms in total. The first-order chi connectivity index (χ1) is 32.9. The van der Waals surface area contributed by atoms with Crippen LogP contribution in [0.4, 0.5) is 0 Å². The molecule has 3 aromatic carbocycles. The van der Waals surface area contributed by atoms with E-state index in [9.17, 15) is 19.5 Å². The molecule has 2 saturated heterocycles. The number of aliphatic hydroxyl groups excluding tert-OH is 1. The van der Waals surface area contributed by atoms with E-state index in [1.54, 1.807) is 34.9 Å². The van der Waals surface area contributed by atoms with Gasteiger partial charge >= 0.3 is 0 Å². The highest BCUT2D eigenvalue weighted by Crippen LogP contribution is 2.31. The Kier molecular flexibility index (Phi) is 24.1. The van der Waals surface area contributed by atoms with E-state index in [1.165, 1.54) is 35.1 Å².